The highest BCUT2D eigenvalue weighted by Crippen LogP contribution is 2.24. The summed E-state index contributed by atoms with van der Waals surface area (Å²) in [6, 6.07) is 7.81. The normalized spacial score (nSPS) is 12.6. The van der Waals surface area contributed by atoms with Gasteiger partial charge in [-0.05, 0) is 43.5 Å². The monoisotopic (exact) mass is 426 g/mol. The fraction of sp³-hybridized carbons (Fsp3) is 0.364. The molecule has 8 heteroatoms. The first-order valence-electron chi connectivity index (χ1n) is 9.90. The van der Waals surface area contributed by atoms with E-state index in [1.807, 2.05) is 38.1 Å². The molecule has 0 unspecified atom stereocenters. The molecule has 0 N–H and O–H groups in total. The molecule has 0 spiro atoms. The predicted molar refractivity (Wildman–Crippen MR) is 118 cm³/mol. The van der Waals surface area contributed by atoms with E-state index < -0.39 is 0 Å². The number of aromatic nitrogens is 5. The fourth-order valence-electron chi connectivity index (χ4n) is 3.16. The smallest absolute Gasteiger partial charge is 0.246 e. The van der Waals surface area contributed by atoms with E-state index in [2.05, 4.69) is 29.0 Å². The molecule has 30 heavy (non-hydrogen) atoms. The number of halogens is 1. The molecule has 0 aliphatic carbocycles. The Hall–Kier alpha value is -2.93. The Balaban J connectivity index is 1.70. The van der Waals surface area contributed by atoms with E-state index in [0.29, 0.717) is 11.1 Å². The maximum absolute atomic E-state index is 12.7. The van der Waals surface area contributed by atoms with E-state index >= 15 is 0 Å². The highest BCUT2D eigenvalue weighted by atomic mass is 35.5. The summed E-state index contributed by atoms with van der Waals surface area (Å²) in [6.07, 6.45) is 6.45. The first kappa shape index (κ1) is 21.8. The molecule has 0 aliphatic heterocycles. The highest BCUT2D eigenvalue weighted by Gasteiger charge is 2.17. The Morgan fingerprint density at radius 2 is 1.93 bits per heavy atom. The van der Waals surface area contributed by atoms with Gasteiger partial charge in [0.1, 0.15) is 17.8 Å². The molecule has 1 atom stereocenters. The lowest BCUT2D eigenvalue weighted by Gasteiger charge is -2.24. The van der Waals surface area contributed by atoms with Crippen molar-refractivity contribution in [3.05, 3.63) is 65.0 Å². The summed E-state index contributed by atoms with van der Waals surface area (Å²) in [5.74, 6) is 0.332. The number of aryl methyl sites for hydroxylation is 1. The molecule has 1 aromatic carbocycles. The van der Waals surface area contributed by atoms with Crippen molar-refractivity contribution in [3.63, 3.8) is 0 Å². The summed E-state index contributed by atoms with van der Waals surface area (Å²) in [7, 11) is 1.79. The zero-order chi connectivity index (χ0) is 21.8. The van der Waals surface area contributed by atoms with Crippen LogP contribution in [0.3, 0.4) is 0 Å². The van der Waals surface area contributed by atoms with Crippen LogP contribution in [0.2, 0.25) is 5.15 Å². The summed E-state index contributed by atoms with van der Waals surface area (Å²) in [4.78, 5) is 18.4. The second-order valence-electron chi connectivity index (χ2n) is 7.76. The quantitative estimate of drug-likeness (QED) is 0.528. The summed E-state index contributed by atoms with van der Waals surface area (Å²) < 4.78 is 3.48. The van der Waals surface area contributed by atoms with Crippen LogP contribution >= 0.6 is 11.6 Å². The number of likely N-dealkylation sites (N-methyl/N-ethyl adjacent to an activating group) is 1. The van der Waals surface area contributed by atoms with Crippen LogP contribution in [0.1, 0.15) is 43.6 Å². The third kappa shape index (κ3) is 4.79. The maximum atomic E-state index is 12.7. The number of carbonyl (C=O) groups is 1. The Labute approximate surface area is 182 Å². The van der Waals surface area contributed by atoms with Gasteiger partial charge in [0, 0.05) is 25.2 Å². The van der Waals surface area contributed by atoms with Crippen molar-refractivity contribution in [2.45, 2.75) is 40.3 Å². The molecule has 7 nitrogen and oxygen atoms in total. The first-order valence-corrected chi connectivity index (χ1v) is 10.3. The summed E-state index contributed by atoms with van der Waals surface area (Å²) >= 11 is 6.47. The van der Waals surface area contributed by atoms with E-state index in [0.717, 1.165) is 29.1 Å². The van der Waals surface area contributed by atoms with Crippen molar-refractivity contribution in [2.75, 3.05) is 7.05 Å². The standard InChI is InChI=1S/C22H27ClN6O/c1-15(2)12-28-22(23)20(16(3)26-28)10-11-21(30)27(5)17(4)18-6-8-19(9-7-18)29-14-24-13-25-29/h6-11,13-15,17H,12H2,1-5H3/b11-10+/t17-/m0/s1. The largest absolute Gasteiger partial charge is 0.335 e. The molecule has 0 radical (unpaired) electrons. The van der Waals surface area contributed by atoms with Crippen molar-refractivity contribution in [2.24, 2.45) is 5.92 Å². The summed E-state index contributed by atoms with van der Waals surface area (Å²) in [6.45, 7) is 8.86. The highest BCUT2D eigenvalue weighted by molar-refractivity contribution is 6.31. The maximum Gasteiger partial charge on any atom is 0.246 e. The molecule has 0 bridgehead atoms. The van der Waals surface area contributed by atoms with E-state index in [9.17, 15) is 4.79 Å². The van der Waals surface area contributed by atoms with Crippen LogP contribution in [-0.4, -0.2) is 42.4 Å². The van der Waals surface area contributed by atoms with E-state index in [-0.39, 0.29) is 11.9 Å². The van der Waals surface area contributed by atoms with E-state index in [1.54, 1.807) is 39.8 Å². The second-order valence-corrected chi connectivity index (χ2v) is 8.11. The van der Waals surface area contributed by atoms with Gasteiger partial charge in [0.25, 0.3) is 0 Å². The number of nitrogens with zero attached hydrogens (tertiary/aromatic N) is 6. The average Bonchev–Trinajstić information content (AvgIpc) is 3.34. The van der Waals surface area contributed by atoms with Gasteiger partial charge in [0.15, 0.2) is 0 Å². The van der Waals surface area contributed by atoms with Crippen LogP contribution < -0.4 is 0 Å². The lowest BCUT2D eigenvalue weighted by Crippen LogP contribution is -2.28. The van der Waals surface area contributed by atoms with Gasteiger partial charge < -0.3 is 4.90 Å². The van der Waals surface area contributed by atoms with Crippen molar-refractivity contribution in [3.8, 4) is 5.69 Å². The number of hydrogen-bond acceptors (Lipinski definition) is 4. The first-order chi connectivity index (χ1) is 14.3. The fourth-order valence-corrected chi connectivity index (χ4v) is 3.46. The molecular weight excluding hydrogens is 400 g/mol. The molecule has 0 saturated heterocycles. The van der Waals surface area contributed by atoms with Crippen molar-refractivity contribution in [1.29, 1.82) is 0 Å². The van der Waals surface area contributed by atoms with E-state index in [4.69, 9.17) is 11.6 Å². The molecule has 2 aromatic heterocycles. The van der Waals surface area contributed by atoms with Crippen molar-refractivity contribution < 1.29 is 4.79 Å². The van der Waals surface area contributed by atoms with Crippen LogP contribution in [0.4, 0.5) is 0 Å². The van der Waals surface area contributed by atoms with E-state index in [1.165, 1.54) is 6.33 Å². The predicted octanol–water partition coefficient (Wildman–Crippen LogP) is 4.31. The van der Waals surface area contributed by atoms with Crippen LogP contribution in [0.5, 0.6) is 0 Å². The average molecular weight is 427 g/mol. The molecule has 2 heterocycles. The lowest BCUT2D eigenvalue weighted by molar-refractivity contribution is -0.126. The SMILES string of the molecule is Cc1nn(CC(C)C)c(Cl)c1/C=C/C(=O)N(C)[C@@H](C)c1ccc(-n2cncn2)cc1. The topological polar surface area (TPSA) is 68.8 Å². The number of rotatable bonds is 7. The molecule has 3 aromatic rings. The number of hydrogen-bond donors (Lipinski definition) is 0. The van der Waals surface area contributed by atoms with Crippen LogP contribution in [-0.2, 0) is 11.3 Å². The van der Waals surface area contributed by atoms with Gasteiger partial charge in [-0.2, -0.15) is 10.2 Å². The molecule has 0 aliphatic rings. The zero-order valence-electron chi connectivity index (χ0n) is 18.0. The number of carbonyl (C=O) groups excluding carboxylic acids is 1. The Morgan fingerprint density at radius 1 is 1.23 bits per heavy atom. The summed E-state index contributed by atoms with van der Waals surface area (Å²) in [5, 5.41) is 9.17. The van der Waals surface area contributed by atoms with Gasteiger partial charge in [0.05, 0.1) is 17.4 Å². The van der Waals surface area contributed by atoms with Crippen LogP contribution in [0.25, 0.3) is 11.8 Å². The molecule has 0 saturated carbocycles. The molecule has 0 fully saturated rings. The minimum Gasteiger partial charge on any atom is -0.335 e. The Bertz CT molecular complexity index is 1020. The molecular formula is C22H27ClN6O. The third-order valence-corrected chi connectivity index (χ3v) is 5.43. The van der Waals surface area contributed by atoms with Crippen molar-refractivity contribution in [1.82, 2.24) is 29.4 Å². The molecule has 158 valence electrons. The van der Waals surface area contributed by atoms with Crippen LogP contribution in [0, 0.1) is 12.8 Å². The minimum absolute atomic E-state index is 0.0906. The summed E-state index contributed by atoms with van der Waals surface area (Å²) in [5.41, 5.74) is 3.54. The number of benzene rings is 1. The molecule has 1 amide bonds. The minimum atomic E-state index is -0.102. The van der Waals surface area contributed by atoms with Gasteiger partial charge >= 0.3 is 0 Å². The zero-order valence-corrected chi connectivity index (χ0v) is 18.7. The molecule has 3 rings (SSSR count). The third-order valence-electron chi connectivity index (χ3n) is 5.03. The van der Waals surface area contributed by atoms with Gasteiger partial charge in [-0.15, -0.1) is 0 Å². The Morgan fingerprint density at radius 3 is 2.53 bits per heavy atom. The lowest BCUT2D eigenvalue weighted by atomic mass is 10.1. The van der Waals surface area contributed by atoms with Crippen LogP contribution in [0.15, 0.2) is 43.0 Å². The second kappa shape index (κ2) is 9.26. The Kier molecular flexibility index (Phi) is 6.72. The van der Waals surface area contributed by atoms with Gasteiger partial charge in [-0.25, -0.2) is 9.67 Å². The van der Waals surface area contributed by atoms with Crippen molar-refractivity contribution >= 4 is 23.6 Å². The number of amides is 1. The van der Waals surface area contributed by atoms with Gasteiger partial charge in [-0.3, -0.25) is 9.48 Å². The van der Waals surface area contributed by atoms with Gasteiger partial charge in [-0.1, -0.05) is 37.6 Å². The van der Waals surface area contributed by atoms with Gasteiger partial charge in [0.2, 0.25) is 5.91 Å².